The van der Waals surface area contributed by atoms with E-state index in [1.54, 1.807) is 0 Å². The first kappa shape index (κ1) is 16.4. The van der Waals surface area contributed by atoms with Crippen LogP contribution in [0.25, 0.3) is 5.32 Å². The van der Waals surface area contributed by atoms with E-state index in [2.05, 4.69) is 39.6 Å². The number of hydrogen-bond donors (Lipinski definition) is 0. The number of halogens is 1. The Morgan fingerprint density at radius 1 is 1.00 bits per heavy atom. The van der Waals surface area contributed by atoms with Crippen LogP contribution in [0.1, 0.15) is 27.7 Å². The molecule has 0 spiro atoms. The molecule has 1 aliphatic heterocycles. The van der Waals surface area contributed by atoms with Crippen LogP contribution in [0.4, 0.5) is 0 Å². The van der Waals surface area contributed by atoms with Crippen LogP contribution in [0.2, 0.25) is 0 Å². The molecule has 1 aliphatic rings. The second-order valence-electron chi connectivity index (χ2n) is 4.91. The van der Waals surface area contributed by atoms with Crippen LogP contribution in [-0.2, 0) is 0 Å². The number of rotatable bonds is 0. The zero-order valence-electron chi connectivity index (χ0n) is 9.39. The molecule has 0 aliphatic carbocycles. The van der Waals surface area contributed by atoms with E-state index in [1.165, 1.54) is 0 Å². The van der Waals surface area contributed by atoms with E-state index >= 15 is 0 Å². The number of nitrogens with zero attached hydrogens (tertiary/aromatic N) is 2. The van der Waals surface area contributed by atoms with Gasteiger partial charge in [-0.1, -0.05) is 27.7 Å². The summed E-state index contributed by atoms with van der Waals surface area (Å²) in [6, 6.07) is 0. The van der Waals surface area contributed by atoms with Gasteiger partial charge in [0.25, 0.3) is 0 Å². The minimum atomic E-state index is 0. The Morgan fingerprint density at radius 2 is 1.31 bits per heavy atom. The summed E-state index contributed by atoms with van der Waals surface area (Å²) in [6.07, 6.45) is 0. The first-order valence-corrected chi connectivity index (χ1v) is 4.23. The minimum Gasteiger partial charge on any atom is -1.00 e. The van der Waals surface area contributed by atoms with Gasteiger partial charge in [0.2, 0.25) is 0 Å². The van der Waals surface area contributed by atoms with Gasteiger partial charge in [-0.25, -0.2) is 0 Å². The van der Waals surface area contributed by atoms with Gasteiger partial charge in [-0.15, -0.1) is 11.1 Å². The van der Waals surface area contributed by atoms with Gasteiger partial charge >= 0.3 is 23.1 Å². The molecule has 0 N–H and O–H groups in total. The van der Waals surface area contributed by atoms with Gasteiger partial charge in [0, 0.05) is 0 Å². The molecule has 0 amide bonds. The Kier molecular flexibility index (Phi) is 6.52. The molecule has 74 valence electrons. The third-order valence-corrected chi connectivity index (χ3v) is 1.92. The van der Waals surface area contributed by atoms with E-state index in [4.69, 9.17) is 5.32 Å². The first-order chi connectivity index (χ1) is 4.81. The van der Waals surface area contributed by atoms with Crippen molar-refractivity contribution in [3.05, 3.63) is 5.32 Å². The van der Waals surface area contributed by atoms with Crippen molar-refractivity contribution in [1.29, 1.82) is 0 Å². The standard InChI is InChI=1S/C9H19N2.ClH.Mg/c1-8(2)6-11(5)7-9(3,4)10-8;;/h6-7H2,1-5H3;1H;/q-1;;+2/p-1. The quantitative estimate of drug-likeness (QED) is 0.449. The van der Waals surface area contributed by atoms with Crippen LogP contribution < -0.4 is 12.4 Å². The summed E-state index contributed by atoms with van der Waals surface area (Å²) in [5.74, 6) is 0. The SMILES string of the molecule is CN1CC(C)(C)[N-]C(C)(C)C1.[Cl-].[Mg+2]. The van der Waals surface area contributed by atoms with Gasteiger partial charge in [-0.3, -0.25) is 0 Å². The molecule has 2 nitrogen and oxygen atoms in total. The monoisotopic (exact) mass is 214 g/mol. The third-order valence-electron chi connectivity index (χ3n) is 1.92. The Morgan fingerprint density at radius 3 is 1.54 bits per heavy atom. The second kappa shape index (κ2) is 5.17. The van der Waals surface area contributed by atoms with Gasteiger partial charge in [-0.05, 0) is 20.1 Å². The van der Waals surface area contributed by atoms with Crippen LogP contribution in [0.3, 0.4) is 0 Å². The fourth-order valence-corrected chi connectivity index (χ4v) is 2.27. The topological polar surface area (TPSA) is 17.3 Å². The third kappa shape index (κ3) is 5.42. The normalized spacial score (nSPS) is 25.6. The molecule has 0 atom stereocenters. The van der Waals surface area contributed by atoms with Gasteiger partial charge in [0.15, 0.2) is 0 Å². The molecular formula is C9H19ClMgN2. The molecule has 1 heterocycles. The molecule has 0 aromatic heterocycles. The van der Waals surface area contributed by atoms with Crippen molar-refractivity contribution in [2.45, 2.75) is 38.8 Å². The van der Waals surface area contributed by atoms with Gasteiger partial charge in [0.05, 0.1) is 0 Å². The zero-order chi connectivity index (χ0) is 8.70. The molecule has 0 saturated carbocycles. The maximum absolute atomic E-state index is 4.76. The van der Waals surface area contributed by atoms with Crippen molar-refractivity contribution in [3.8, 4) is 0 Å². The average molecular weight is 215 g/mol. The number of likely N-dealkylation sites (N-methyl/N-ethyl adjacent to an activating group) is 1. The van der Waals surface area contributed by atoms with Crippen molar-refractivity contribution in [2.24, 2.45) is 0 Å². The van der Waals surface area contributed by atoms with E-state index < -0.39 is 0 Å². The van der Waals surface area contributed by atoms with E-state index in [0.717, 1.165) is 13.1 Å². The molecule has 1 saturated heterocycles. The molecule has 0 radical (unpaired) electrons. The van der Waals surface area contributed by atoms with E-state index in [0.29, 0.717) is 0 Å². The fourth-order valence-electron chi connectivity index (χ4n) is 2.27. The zero-order valence-corrected chi connectivity index (χ0v) is 11.6. The van der Waals surface area contributed by atoms with Crippen molar-refractivity contribution in [2.75, 3.05) is 20.1 Å². The maximum atomic E-state index is 4.76. The largest absolute Gasteiger partial charge is 2.00 e. The Balaban J connectivity index is 0. The van der Waals surface area contributed by atoms with Crippen LogP contribution in [-0.4, -0.2) is 59.2 Å². The van der Waals surface area contributed by atoms with Crippen LogP contribution in [0.5, 0.6) is 0 Å². The number of piperazine rings is 1. The van der Waals surface area contributed by atoms with Crippen molar-refractivity contribution >= 4 is 23.1 Å². The Labute approximate surface area is 104 Å². The second-order valence-corrected chi connectivity index (χ2v) is 4.91. The fraction of sp³-hybridized carbons (Fsp3) is 1.00. The molecular weight excluding hydrogens is 196 g/mol. The summed E-state index contributed by atoms with van der Waals surface area (Å²) < 4.78 is 0. The molecule has 0 unspecified atom stereocenters. The summed E-state index contributed by atoms with van der Waals surface area (Å²) in [4.78, 5) is 2.35. The summed E-state index contributed by atoms with van der Waals surface area (Å²) >= 11 is 0. The van der Waals surface area contributed by atoms with E-state index in [1.807, 2.05) is 0 Å². The number of hydrogen-bond acceptors (Lipinski definition) is 1. The molecule has 0 bridgehead atoms. The molecule has 4 heteroatoms. The van der Waals surface area contributed by atoms with Crippen LogP contribution in [0, 0.1) is 0 Å². The molecule has 1 rings (SSSR count). The average Bonchev–Trinajstić information content (AvgIpc) is 1.49. The van der Waals surface area contributed by atoms with Crippen LogP contribution >= 0.6 is 0 Å². The smallest absolute Gasteiger partial charge is 1.00 e. The summed E-state index contributed by atoms with van der Waals surface area (Å²) in [5, 5.41) is 4.76. The Hall–Kier alpha value is 0.976. The van der Waals surface area contributed by atoms with Gasteiger partial charge in [-0.2, -0.15) is 0 Å². The van der Waals surface area contributed by atoms with Gasteiger partial charge in [0.1, 0.15) is 0 Å². The molecule has 0 aromatic carbocycles. The summed E-state index contributed by atoms with van der Waals surface area (Å²) in [6.45, 7) is 11.0. The predicted octanol–water partition coefficient (Wildman–Crippen LogP) is -1.51. The molecule has 0 aromatic rings. The predicted molar refractivity (Wildman–Crippen MR) is 54.8 cm³/mol. The van der Waals surface area contributed by atoms with Crippen molar-refractivity contribution in [3.63, 3.8) is 0 Å². The summed E-state index contributed by atoms with van der Waals surface area (Å²) in [5.41, 5.74) is 0.271. The van der Waals surface area contributed by atoms with E-state index in [-0.39, 0.29) is 46.5 Å². The van der Waals surface area contributed by atoms with Crippen LogP contribution in [0.15, 0.2) is 0 Å². The van der Waals surface area contributed by atoms with Crippen molar-refractivity contribution < 1.29 is 12.4 Å². The van der Waals surface area contributed by atoms with E-state index in [9.17, 15) is 0 Å². The first-order valence-electron chi connectivity index (χ1n) is 4.23. The molecule has 1 fully saturated rings. The maximum Gasteiger partial charge on any atom is 2.00 e. The van der Waals surface area contributed by atoms with Crippen molar-refractivity contribution in [1.82, 2.24) is 4.90 Å². The minimum absolute atomic E-state index is 0. The molecule has 13 heavy (non-hydrogen) atoms. The van der Waals surface area contributed by atoms with Gasteiger partial charge < -0.3 is 22.6 Å². The Bertz CT molecular complexity index is 144. The summed E-state index contributed by atoms with van der Waals surface area (Å²) in [7, 11) is 2.16.